The molecule has 1 aromatic carbocycles. The van der Waals surface area contributed by atoms with Crippen LogP contribution in [0.25, 0.3) is 0 Å². The number of nitrogens with zero attached hydrogens (tertiary/aromatic N) is 2. The molecule has 2 aromatic rings. The van der Waals surface area contributed by atoms with Gasteiger partial charge in [0.25, 0.3) is 5.91 Å². The molecule has 0 radical (unpaired) electrons. The van der Waals surface area contributed by atoms with E-state index in [4.69, 9.17) is 5.73 Å². The molecule has 0 aliphatic heterocycles. The number of nitrogen functional groups attached to an aromatic ring is 1. The van der Waals surface area contributed by atoms with Gasteiger partial charge < -0.3 is 11.1 Å². The van der Waals surface area contributed by atoms with Crippen molar-refractivity contribution < 1.29 is 9.18 Å². The Labute approximate surface area is 110 Å². The van der Waals surface area contributed by atoms with Crippen molar-refractivity contribution in [3.8, 4) is 0 Å². The second-order valence-corrected chi connectivity index (χ2v) is 4.38. The Balaban J connectivity index is 2.07. The van der Waals surface area contributed by atoms with Crippen molar-refractivity contribution in [2.75, 3.05) is 5.73 Å². The Kier molecular flexibility index (Phi) is 3.50. The van der Waals surface area contributed by atoms with Crippen LogP contribution in [0.4, 0.5) is 10.2 Å². The molecule has 1 amide bonds. The van der Waals surface area contributed by atoms with E-state index < -0.39 is 5.82 Å². The third-order valence-corrected chi connectivity index (χ3v) is 2.81. The molecule has 2 rings (SSSR count). The van der Waals surface area contributed by atoms with Crippen LogP contribution >= 0.6 is 0 Å². The highest BCUT2D eigenvalue weighted by Gasteiger charge is 2.10. The molecule has 6 heteroatoms. The van der Waals surface area contributed by atoms with Crippen molar-refractivity contribution in [3.63, 3.8) is 0 Å². The molecule has 0 saturated heterocycles. The Bertz CT molecular complexity index is 601. The van der Waals surface area contributed by atoms with Crippen LogP contribution in [0.15, 0.2) is 24.4 Å². The van der Waals surface area contributed by atoms with E-state index in [9.17, 15) is 9.18 Å². The number of rotatable bonds is 3. The molecule has 5 nitrogen and oxygen atoms in total. The molecule has 0 aliphatic rings. The molecule has 100 valence electrons. The van der Waals surface area contributed by atoms with Gasteiger partial charge in [-0.25, -0.2) is 4.39 Å². The number of aromatic nitrogens is 2. The number of aryl methyl sites for hydroxylation is 2. The first-order valence-electron chi connectivity index (χ1n) is 5.79. The molecule has 0 bridgehead atoms. The van der Waals surface area contributed by atoms with Gasteiger partial charge in [-0.05, 0) is 30.7 Å². The summed E-state index contributed by atoms with van der Waals surface area (Å²) in [6.45, 7) is 1.99. The highest BCUT2D eigenvalue weighted by atomic mass is 19.1. The lowest BCUT2D eigenvalue weighted by Gasteiger charge is -2.06. The molecule has 0 aliphatic carbocycles. The molecule has 0 atom stereocenters. The van der Waals surface area contributed by atoms with Gasteiger partial charge in [-0.2, -0.15) is 5.10 Å². The number of halogens is 1. The van der Waals surface area contributed by atoms with Gasteiger partial charge in [0.1, 0.15) is 11.6 Å². The van der Waals surface area contributed by atoms with Gasteiger partial charge in [0.15, 0.2) is 0 Å². The minimum atomic E-state index is -0.425. The minimum Gasteiger partial charge on any atom is -0.384 e. The second-order valence-electron chi connectivity index (χ2n) is 4.38. The van der Waals surface area contributed by atoms with E-state index in [1.165, 1.54) is 16.8 Å². The number of anilines is 1. The van der Waals surface area contributed by atoms with Crippen LogP contribution < -0.4 is 11.1 Å². The Morgan fingerprint density at radius 2 is 2.21 bits per heavy atom. The van der Waals surface area contributed by atoms with E-state index in [1.807, 2.05) is 0 Å². The van der Waals surface area contributed by atoms with Crippen LogP contribution in [-0.4, -0.2) is 15.7 Å². The predicted octanol–water partition coefficient (Wildman–Crippen LogP) is 1.38. The van der Waals surface area contributed by atoms with E-state index in [2.05, 4.69) is 10.4 Å². The van der Waals surface area contributed by atoms with Crippen LogP contribution in [0.2, 0.25) is 0 Å². The lowest BCUT2D eigenvalue weighted by molar-refractivity contribution is 0.0950. The first-order valence-corrected chi connectivity index (χ1v) is 5.79. The fraction of sp³-hybridized carbons (Fsp3) is 0.231. The largest absolute Gasteiger partial charge is 0.384 e. The third-order valence-electron chi connectivity index (χ3n) is 2.81. The SMILES string of the molecule is Cc1cc(F)cc(C(=O)NCc2cnn(C)c2N)c1. The monoisotopic (exact) mass is 262 g/mol. The number of nitrogens with one attached hydrogen (secondary N) is 1. The Morgan fingerprint density at radius 3 is 2.79 bits per heavy atom. The zero-order chi connectivity index (χ0) is 14.0. The summed E-state index contributed by atoms with van der Waals surface area (Å²) in [5, 5.41) is 6.66. The van der Waals surface area contributed by atoms with Crippen molar-refractivity contribution in [3.05, 3.63) is 46.9 Å². The summed E-state index contributed by atoms with van der Waals surface area (Å²) in [6.07, 6.45) is 1.59. The fourth-order valence-electron chi connectivity index (χ4n) is 1.77. The molecule has 1 aromatic heterocycles. The summed E-state index contributed by atoms with van der Waals surface area (Å²) in [4.78, 5) is 11.9. The molecule has 0 saturated carbocycles. The van der Waals surface area contributed by atoms with Gasteiger partial charge >= 0.3 is 0 Å². The van der Waals surface area contributed by atoms with E-state index in [1.54, 1.807) is 26.2 Å². The number of hydrogen-bond acceptors (Lipinski definition) is 3. The highest BCUT2D eigenvalue weighted by Crippen LogP contribution is 2.11. The van der Waals surface area contributed by atoms with Crippen LogP contribution in [-0.2, 0) is 13.6 Å². The van der Waals surface area contributed by atoms with E-state index in [0.29, 0.717) is 16.9 Å². The maximum atomic E-state index is 13.2. The number of nitrogens with two attached hydrogens (primary N) is 1. The van der Waals surface area contributed by atoms with Crippen molar-refractivity contribution in [1.29, 1.82) is 0 Å². The molecular weight excluding hydrogens is 247 g/mol. The number of carbonyl (C=O) groups excluding carboxylic acids is 1. The van der Waals surface area contributed by atoms with Crippen LogP contribution in [0.3, 0.4) is 0 Å². The van der Waals surface area contributed by atoms with Gasteiger partial charge in [0, 0.05) is 24.7 Å². The summed E-state index contributed by atoms with van der Waals surface area (Å²) in [5.41, 5.74) is 7.48. The van der Waals surface area contributed by atoms with Gasteiger partial charge in [-0.1, -0.05) is 0 Å². The summed E-state index contributed by atoms with van der Waals surface area (Å²) in [5.74, 6) is -0.271. The summed E-state index contributed by atoms with van der Waals surface area (Å²) in [6, 6.07) is 4.20. The predicted molar refractivity (Wildman–Crippen MR) is 69.9 cm³/mol. The summed E-state index contributed by atoms with van der Waals surface area (Å²) < 4.78 is 14.7. The lowest BCUT2D eigenvalue weighted by atomic mass is 10.1. The first kappa shape index (κ1) is 13.1. The number of amides is 1. The molecule has 1 heterocycles. The van der Waals surface area contributed by atoms with Gasteiger partial charge in [0.2, 0.25) is 0 Å². The molecule has 19 heavy (non-hydrogen) atoms. The zero-order valence-electron chi connectivity index (χ0n) is 10.8. The standard InChI is InChI=1S/C13H15FN4O/c1-8-3-9(5-11(14)4-8)13(19)16-6-10-7-17-18(2)12(10)15/h3-5,7H,6,15H2,1-2H3,(H,16,19). The van der Waals surface area contributed by atoms with Crippen molar-refractivity contribution in [2.45, 2.75) is 13.5 Å². The molecule has 0 fully saturated rings. The Morgan fingerprint density at radius 1 is 1.47 bits per heavy atom. The molecule has 0 spiro atoms. The molecule has 3 N–H and O–H groups in total. The van der Waals surface area contributed by atoms with Gasteiger partial charge in [0.05, 0.1) is 6.20 Å². The zero-order valence-corrected chi connectivity index (χ0v) is 10.8. The van der Waals surface area contributed by atoms with Crippen molar-refractivity contribution in [1.82, 2.24) is 15.1 Å². The van der Waals surface area contributed by atoms with E-state index in [-0.39, 0.29) is 12.5 Å². The summed E-state index contributed by atoms with van der Waals surface area (Å²) >= 11 is 0. The van der Waals surface area contributed by atoms with Gasteiger partial charge in [-0.15, -0.1) is 0 Å². The second kappa shape index (κ2) is 5.09. The lowest BCUT2D eigenvalue weighted by Crippen LogP contribution is -2.23. The maximum Gasteiger partial charge on any atom is 0.251 e. The van der Waals surface area contributed by atoms with Gasteiger partial charge in [-0.3, -0.25) is 9.48 Å². The van der Waals surface area contributed by atoms with Crippen LogP contribution in [0.1, 0.15) is 21.5 Å². The number of hydrogen-bond donors (Lipinski definition) is 2. The smallest absolute Gasteiger partial charge is 0.251 e. The topological polar surface area (TPSA) is 72.9 Å². The molecular formula is C13H15FN4O. The van der Waals surface area contributed by atoms with Crippen molar-refractivity contribution >= 4 is 11.7 Å². The number of benzene rings is 1. The van der Waals surface area contributed by atoms with E-state index >= 15 is 0 Å². The third kappa shape index (κ3) is 2.90. The number of carbonyl (C=O) groups is 1. The fourth-order valence-corrected chi connectivity index (χ4v) is 1.77. The van der Waals surface area contributed by atoms with Crippen LogP contribution in [0.5, 0.6) is 0 Å². The highest BCUT2D eigenvalue weighted by molar-refractivity contribution is 5.94. The molecule has 0 unspecified atom stereocenters. The first-order chi connectivity index (χ1) is 8.97. The maximum absolute atomic E-state index is 13.2. The quantitative estimate of drug-likeness (QED) is 0.877. The summed E-state index contributed by atoms with van der Waals surface area (Å²) in [7, 11) is 1.72. The normalized spacial score (nSPS) is 10.5. The average Bonchev–Trinajstić information content (AvgIpc) is 2.66. The Hall–Kier alpha value is -2.37. The van der Waals surface area contributed by atoms with Crippen LogP contribution in [0, 0.1) is 12.7 Å². The minimum absolute atomic E-state index is 0.258. The average molecular weight is 262 g/mol. The van der Waals surface area contributed by atoms with E-state index in [0.717, 1.165) is 5.56 Å². The van der Waals surface area contributed by atoms with Crippen molar-refractivity contribution in [2.24, 2.45) is 7.05 Å².